The highest BCUT2D eigenvalue weighted by molar-refractivity contribution is 5.86. The van der Waals surface area contributed by atoms with Crippen LogP contribution in [-0.4, -0.2) is 17.3 Å². The summed E-state index contributed by atoms with van der Waals surface area (Å²) in [7, 11) is 1.54. The maximum Gasteiger partial charge on any atom is 0.139 e. The van der Waals surface area contributed by atoms with Crippen molar-refractivity contribution in [2.45, 2.75) is 19.3 Å². The fourth-order valence-corrected chi connectivity index (χ4v) is 2.72. The largest absolute Gasteiger partial charge is 0.508 e. The Hall–Kier alpha value is -2.88. The molecule has 0 bridgehead atoms. The van der Waals surface area contributed by atoms with E-state index in [2.05, 4.69) is 6.58 Å². The van der Waals surface area contributed by atoms with Crippen LogP contribution in [0, 0.1) is 0 Å². The average Bonchev–Trinajstić information content (AvgIpc) is 2.96. The number of fused-ring (bicyclic) bond motifs is 1. The minimum absolute atomic E-state index is 0.124. The second-order valence-electron chi connectivity index (χ2n) is 6.33. The number of phenolic OH excluding ortho intramolecular Hbond substituents is 2. The topological polar surface area (TPSA) is 62.8 Å². The van der Waals surface area contributed by atoms with E-state index in [4.69, 9.17) is 9.15 Å². The SMILES string of the molecule is C=CC(C)(C)c1cc2cc(-c3ccc(O)cc3OC)oc2cc1O. The zero-order chi connectivity index (χ0) is 17.5. The lowest BCUT2D eigenvalue weighted by Gasteiger charge is -2.21. The van der Waals surface area contributed by atoms with Gasteiger partial charge < -0.3 is 19.4 Å². The van der Waals surface area contributed by atoms with Crippen molar-refractivity contribution in [3.63, 3.8) is 0 Å². The Morgan fingerprint density at radius 3 is 2.54 bits per heavy atom. The first kappa shape index (κ1) is 16.0. The summed E-state index contributed by atoms with van der Waals surface area (Å²) in [5.41, 5.74) is 1.75. The second-order valence-corrected chi connectivity index (χ2v) is 6.33. The van der Waals surface area contributed by atoms with Gasteiger partial charge in [-0.3, -0.25) is 0 Å². The number of rotatable bonds is 4. The van der Waals surface area contributed by atoms with Crippen LogP contribution in [-0.2, 0) is 5.41 Å². The van der Waals surface area contributed by atoms with E-state index in [1.165, 1.54) is 13.2 Å². The third kappa shape index (κ3) is 2.60. The van der Waals surface area contributed by atoms with Crippen molar-refractivity contribution in [1.29, 1.82) is 0 Å². The molecule has 3 aromatic rings. The summed E-state index contributed by atoms with van der Waals surface area (Å²) >= 11 is 0. The average molecular weight is 324 g/mol. The van der Waals surface area contributed by atoms with Crippen molar-refractivity contribution in [2.75, 3.05) is 7.11 Å². The number of phenols is 2. The van der Waals surface area contributed by atoms with Gasteiger partial charge in [-0.2, -0.15) is 0 Å². The molecule has 4 nitrogen and oxygen atoms in total. The summed E-state index contributed by atoms with van der Waals surface area (Å²) in [6.07, 6.45) is 1.80. The molecule has 0 saturated heterocycles. The zero-order valence-corrected chi connectivity index (χ0v) is 14.0. The fraction of sp³-hybridized carbons (Fsp3) is 0.200. The molecule has 3 rings (SSSR count). The number of ether oxygens (including phenoxy) is 1. The third-order valence-corrected chi connectivity index (χ3v) is 4.29. The van der Waals surface area contributed by atoms with Crippen LogP contribution in [0.4, 0.5) is 0 Å². The summed E-state index contributed by atoms with van der Waals surface area (Å²) in [5.74, 6) is 1.42. The van der Waals surface area contributed by atoms with Crippen LogP contribution < -0.4 is 4.74 Å². The fourth-order valence-electron chi connectivity index (χ4n) is 2.72. The number of methoxy groups -OCH3 is 1. The smallest absolute Gasteiger partial charge is 0.139 e. The van der Waals surface area contributed by atoms with Crippen LogP contribution in [0.15, 0.2) is 53.5 Å². The van der Waals surface area contributed by atoms with Crippen LogP contribution >= 0.6 is 0 Å². The lowest BCUT2D eigenvalue weighted by atomic mass is 9.84. The molecule has 0 fully saturated rings. The number of hydrogen-bond donors (Lipinski definition) is 2. The van der Waals surface area contributed by atoms with E-state index in [0.717, 1.165) is 16.5 Å². The predicted octanol–water partition coefficient (Wildman–Crippen LogP) is 4.98. The van der Waals surface area contributed by atoms with Gasteiger partial charge in [0, 0.05) is 28.5 Å². The van der Waals surface area contributed by atoms with Crippen molar-refractivity contribution in [3.05, 3.63) is 54.6 Å². The van der Waals surface area contributed by atoms with Gasteiger partial charge in [-0.15, -0.1) is 6.58 Å². The molecule has 0 aliphatic heterocycles. The van der Waals surface area contributed by atoms with E-state index in [9.17, 15) is 10.2 Å². The lowest BCUT2D eigenvalue weighted by Crippen LogP contribution is -2.12. The van der Waals surface area contributed by atoms with Crippen molar-refractivity contribution >= 4 is 11.0 Å². The van der Waals surface area contributed by atoms with Gasteiger partial charge in [-0.05, 0) is 24.3 Å². The molecule has 2 aromatic carbocycles. The van der Waals surface area contributed by atoms with Gasteiger partial charge in [0.1, 0.15) is 28.6 Å². The minimum atomic E-state index is -0.355. The Morgan fingerprint density at radius 2 is 1.88 bits per heavy atom. The monoisotopic (exact) mass is 324 g/mol. The van der Waals surface area contributed by atoms with Gasteiger partial charge >= 0.3 is 0 Å². The van der Waals surface area contributed by atoms with E-state index in [-0.39, 0.29) is 16.9 Å². The lowest BCUT2D eigenvalue weighted by molar-refractivity contribution is 0.408. The summed E-state index contributed by atoms with van der Waals surface area (Å²) < 4.78 is 11.2. The number of allylic oxidation sites excluding steroid dienone is 1. The zero-order valence-electron chi connectivity index (χ0n) is 14.0. The van der Waals surface area contributed by atoms with Crippen molar-refractivity contribution in [1.82, 2.24) is 0 Å². The predicted molar refractivity (Wildman–Crippen MR) is 94.8 cm³/mol. The first-order chi connectivity index (χ1) is 11.4. The molecule has 0 spiro atoms. The van der Waals surface area contributed by atoms with Crippen molar-refractivity contribution in [2.24, 2.45) is 0 Å². The quantitative estimate of drug-likeness (QED) is 0.664. The van der Waals surface area contributed by atoms with Crippen molar-refractivity contribution in [3.8, 4) is 28.6 Å². The molecule has 1 heterocycles. The van der Waals surface area contributed by atoms with E-state index in [0.29, 0.717) is 17.1 Å². The standard InChI is InChI=1S/C20H20O4/c1-5-20(2,3)15-8-12-9-19(24-17(12)11-16(15)22)14-7-6-13(21)10-18(14)23-4/h5-11,21-22H,1H2,2-4H3. The first-order valence-corrected chi connectivity index (χ1v) is 7.63. The summed E-state index contributed by atoms with van der Waals surface area (Å²) in [4.78, 5) is 0. The van der Waals surface area contributed by atoms with E-state index in [1.54, 1.807) is 24.3 Å². The van der Waals surface area contributed by atoms with Gasteiger partial charge in [0.15, 0.2) is 0 Å². The minimum Gasteiger partial charge on any atom is -0.508 e. The van der Waals surface area contributed by atoms with Gasteiger partial charge in [-0.1, -0.05) is 19.9 Å². The molecule has 1 aromatic heterocycles. The molecular formula is C20H20O4. The molecule has 124 valence electrons. The molecule has 24 heavy (non-hydrogen) atoms. The Morgan fingerprint density at radius 1 is 1.12 bits per heavy atom. The van der Waals surface area contributed by atoms with E-state index < -0.39 is 0 Å². The van der Waals surface area contributed by atoms with Gasteiger partial charge in [0.2, 0.25) is 0 Å². The van der Waals surface area contributed by atoms with Crippen LogP contribution in [0.2, 0.25) is 0 Å². The van der Waals surface area contributed by atoms with E-state index >= 15 is 0 Å². The normalized spacial score (nSPS) is 11.6. The third-order valence-electron chi connectivity index (χ3n) is 4.29. The summed E-state index contributed by atoms with van der Waals surface area (Å²) in [6, 6.07) is 10.3. The first-order valence-electron chi connectivity index (χ1n) is 7.63. The molecule has 4 heteroatoms. The van der Waals surface area contributed by atoms with Crippen LogP contribution in [0.5, 0.6) is 17.2 Å². The molecule has 0 aliphatic rings. The maximum atomic E-state index is 10.3. The highest BCUT2D eigenvalue weighted by Crippen LogP contribution is 2.40. The Labute approximate surface area is 140 Å². The van der Waals surface area contributed by atoms with Gasteiger partial charge in [0.05, 0.1) is 12.7 Å². The highest BCUT2D eigenvalue weighted by atomic mass is 16.5. The number of furan rings is 1. The molecule has 0 atom stereocenters. The number of aromatic hydroxyl groups is 2. The molecule has 2 N–H and O–H groups in total. The number of hydrogen-bond acceptors (Lipinski definition) is 4. The highest BCUT2D eigenvalue weighted by Gasteiger charge is 2.22. The van der Waals surface area contributed by atoms with Crippen LogP contribution in [0.1, 0.15) is 19.4 Å². The second kappa shape index (κ2) is 5.64. The van der Waals surface area contributed by atoms with E-state index in [1.807, 2.05) is 26.0 Å². The molecule has 0 radical (unpaired) electrons. The molecule has 0 amide bonds. The van der Waals surface area contributed by atoms with Gasteiger partial charge in [0.25, 0.3) is 0 Å². The Bertz CT molecular complexity index is 919. The molecule has 0 unspecified atom stereocenters. The maximum absolute atomic E-state index is 10.3. The van der Waals surface area contributed by atoms with Gasteiger partial charge in [-0.25, -0.2) is 0 Å². The molecule has 0 saturated carbocycles. The molecular weight excluding hydrogens is 304 g/mol. The Balaban J connectivity index is 2.18. The van der Waals surface area contributed by atoms with Crippen molar-refractivity contribution < 1.29 is 19.4 Å². The van der Waals surface area contributed by atoms with Crippen LogP contribution in [0.25, 0.3) is 22.3 Å². The van der Waals surface area contributed by atoms with Crippen LogP contribution in [0.3, 0.4) is 0 Å². The number of benzene rings is 2. The Kier molecular flexibility index (Phi) is 3.76. The summed E-state index contributed by atoms with van der Waals surface area (Å²) in [6.45, 7) is 7.82. The molecule has 0 aliphatic carbocycles. The summed E-state index contributed by atoms with van der Waals surface area (Å²) in [5, 5.41) is 20.8.